The molecule has 0 saturated carbocycles. The number of rotatable bonds is 4. The van der Waals surface area contributed by atoms with Crippen molar-refractivity contribution in [2.45, 2.75) is 31.7 Å². The summed E-state index contributed by atoms with van der Waals surface area (Å²) in [5, 5.41) is 4.52. The summed E-state index contributed by atoms with van der Waals surface area (Å²) in [6, 6.07) is 8.88. The Hall–Kier alpha value is -0.570. The van der Waals surface area contributed by atoms with Gasteiger partial charge >= 0.3 is 0 Å². The van der Waals surface area contributed by atoms with Crippen LogP contribution >= 0.6 is 11.6 Å². The van der Waals surface area contributed by atoms with Gasteiger partial charge in [0.15, 0.2) is 0 Å². The molecule has 0 spiro atoms. The Kier molecular flexibility index (Phi) is 5.04. The van der Waals surface area contributed by atoms with E-state index in [-0.39, 0.29) is 0 Å². The monoisotopic (exact) mass is 266 g/mol. The smallest absolute Gasteiger partial charge is 0.0408 e. The van der Waals surface area contributed by atoms with Crippen LogP contribution in [0.15, 0.2) is 24.3 Å². The van der Waals surface area contributed by atoms with Gasteiger partial charge in [-0.3, -0.25) is 0 Å². The molecule has 1 atom stereocenters. The minimum absolute atomic E-state index is 0.517. The second-order valence-corrected chi connectivity index (χ2v) is 5.88. The van der Waals surface area contributed by atoms with Crippen LogP contribution in [0, 0.1) is 0 Å². The first-order valence-electron chi connectivity index (χ1n) is 6.82. The van der Waals surface area contributed by atoms with Gasteiger partial charge in [0.05, 0.1) is 0 Å². The molecular formula is C15H23ClN2. The maximum absolute atomic E-state index is 6.03. The van der Waals surface area contributed by atoms with E-state index in [2.05, 4.69) is 36.3 Å². The number of benzene rings is 1. The number of nitrogens with one attached hydrogen (secondary N) is 1. The third-order valence-electron chi connectivity index (χ3n) is 3.85. The third-order valence-corrected chi connectivity index (χ3v) is 4.08. The lowest BCUT2D eigenvalue weighted by molar-refractivity contribution is 0.233. The highest BCUT2D eigenvalue weighted by atomic mass is 35.5. The van der Waals surface area contributed by atoms with Gasteiger partial charge < -0.3 is 10.2 Å². The van der Waals surface area contributed by atoms with Gasteiger partial charge in [-0.1, -0.05) is 30.7 Å². The quantitative estimate of drug-likeness (QED) is 0.901. The summed E-state index contributed by atoms with van der Waals surface area (Å²) in [6.45, 7) is 5.72. The highest BCUT2D eigenvalue weighted by Crippen LogP contribution is 2.19. The van der Waals surface area contributed by atoms with Crippen molar-refractivity contribution in [2.75, 3.05) is 26.7 Å². The lowest BCUT2D eigenvalue weighted by atomic mass is 9.99. The molecule has 2 nitrogen and oxygen atoms in total. The topological polar surface area (TPSA) is 15.3 Å². The van der Waals surface area contributed by atoms with E-state index in [0.717, 1.165) is 11.6 Å². The highest BCUT2D eigenvalue weighted by Gasteiger charge is 2.16. The molecule has 0 aromatic heterocycles. The average Bonchev–Trinajstić information content (AvgIpc) is 2.38. The fourth-order valence-corrected chi connectivity index (χ4v) is 2.69. The van der Waals surface area contributed by atoms with Crippen molar-refractivity contribution in [3.05, 3.63) is 34.9 Å². The van der Waals surface area contributed by atoms with Crippen LogP contribution in [0.1, 0.15) is 31.2 Å². The van der Waals surface area contributed by atoms with E-state index in [1.54, 1.807) is 0 Å². The Labute approximate surface area is 115 Å². The fourth-order valence-electron chi connectivity index (χ4n) is 2.49. The highest BCUT2D eigenvalue weighted by molar-refractivity contribution is 6.30. The van der Waals surface area contributed by atoms with Crippen LogP contribution in [-0.2, 0) is 0 Å². The minimum Gasteiger partial charge on any atom is -0.313 e. The van der Waals surface area contributed by atoms with Crippen LogP contribution in [0.25, 0.3) is 0 Å². The number of hydrogen-bond donors (Lipinski definition) is 1. The van der Waals surface area contributed by atoms with Crippen molar-refractivity contribution in [2.24, 2.45) is 0 Å². The summed E-state index contributed by atoms with van der Waals surface area (Å²) >= 11 is 6.03. The zero-order valence-corrected chi connectivity index (χ0v) is 12.1. The summed E-state index contributed by atoms with van der Waals surface area (Å²) in [6.07, 6.45) is 2.53. The van der Waals surface area contributed by atoms with Gasteiger partial charge in [-0.2, -0.15) is 0 Å². The van der Waals surface area contributed by atoms with Gasteiger partial charge in [0.1, 0.15) is 0 Å². The standard InChI is InChI=1S/C15H23ClN2/c1-12(13-4-3-5-14(16)10-13)11-17-15-6-8-18(2)9-7-15/h3-5,10,12,15,17H,6-9,11H2,1-2H3/t12-/m1/s1. The predicted octanol–water partition coefficient (Wildman–Crippen LogP) is 3.13. The molecular weight excluding hydrogens is 244 g/mol. The first-order valence-corrected chi connectivity index (χ1v) is 7.20. The zero-order chi connectivity index (χ0) is 13.0. The molecule has 0 amide bonds. The Balaban J connectivity index is 1.79. The van der Waals surface area contributed by atoms with Crippen LogP contribution < -0.4 is 5.32 Å². The van der Waals surface area contributed by atoms with Crippen molar-refractivity contribution in [1.82, 2.24) is 10.2 Å². The fraction of sp³-hybridized carbons (Fsp3) is 0.600. The van der Waals surface area contributed by atoms with Gasteiger partial charge in [-0.25, -0.2) is 0 Å². The van der Waals surface area contributed by atoms with Crippen LogP contribution in [-0.4, -0.2) is 37.6 Å². The van der Waals surface area contributed by atoms with E-state index < -0.39 is 0 Å². The van der Waals surface area contributed by atoms with E-state index >= 15 is 0 Å². The first-order chi connectivity index (χ1) is 8.65. The van der Waals surface area contributed by atoms with Gasteiger partial charge in [0.2, 0.25) is 0 Å². The van der Waals surface area contributed by atoms with E-state index in [1.165, 1.54) is 31.5 Å². The second-order valence-electron chi connectivity index (χ2n) is 5.44. The molecule has 1 N–H and O–H groups in total. The van der Waals surface area contributed by atoms with Crippen molar-refractivity contribution >= 4 is 11.6 Å². The van der Waals surface area contributed by atoms with Gasteiger partial charge in [-0.05, 0) is 56.6 Å². The SMILES string of the molecule is C[C@H](CNC1CCN(C)CC1)c1cccc(Cl)c1. The number of hydrogen-bond acceptors (Lipinski definition) is 2. The molecule has 1 fully saturated rings. The maximum atomic E-state index is 6.03. The van der Waals surface area contributed by atoms with Crippen molar-refractivity contribution in [3.8, 4) is 0 Å². The van der Waals surface area contributed by atoms with E-state index in [1.807, 2.05) is 12.1 Å². The average molecular weight is 267 g/mol. The number of nitrogens with zero attached hydrogens (tertiary/aromatic N) is 1. The number of likely N-dealkylation sites (tertiary alicyclic amines) is 1. The molecule has 0 unspecified atom stereocenters. The van der Waals surface area contributed by atoms with Gasteiger partial charge in [0, 0.05) is 17.6 Å². The number of halogens is 1. The Bertz CT molecular complexity index is 373. The van der Waals surface area contributed by atoms with Crippen molar-refractivity contribution in [3.63, 3.8) is 0 Å². The molecule has 3 heteroatoms. The molecule has 0 radical (unpaired) electrons. The summed E-state index contributed by atoms with van der Waals surface area (Å²) in [7, 11) is 2.20. The molecule has 2 rings (SSSR count). The van der Waals surface area contributed by atoms with Crippen molar-refractivity contribution < 1.29 is 0 Å². The van der Waals surface area contributed by atoms with Crippen LogP contribution in [0.2, 0.25) is 5.02 Å². The normalized spacial score (nSPS) is 19.9. The molecule has 18 heavy (non-hydrogen) atoms. The van der Waals surface area contributed by atoms with Gasteiger partial charge in [0.25, 0.3) is 0 Å². The first kappa shape index (κ1) is 13.9. The molecule has 1 saturated heterocycles. The summed E-state index contributed by atoms with van der Waals surface area (Å²) in [4.78, 5) is 2.40. The second kappa shape index (κ2) is 6.55. The molecule has 0 bridgehead atoms. The molecule has 100 valence electrons. The molecule has 1 heterocycles. The third kappa shape index (κ3) is 3.98. The van der Waals surface area contributed by atoms with Gasteiger partial charge in [-0.15, -0.1) is 0 Å². The van der Waals surface area contributed by atoms with Crippen LogP contribution in [0.5, 0.6) is 0 Å². The van der Waals surface area contributed by atoms with E-state index in [4.69, 9.17) is 11.6 Å². The molecule has 1 aromatic rings. The Morgan fingerprint density at radius 3 is 2.78 bits per heavy atom. The summed E-state index contributed by atoms with van der Waals surface area (Å²) < 4.78 is 0. The number of piperidine rings is 1. The van der Waals surface area contributed by atoms with Crippen LogP contribution in [0.3, 0.4) is 0 Å². The largest absolute Gasteiger partial charge is 0.313 e. The Morgan fingerprint density at radius 1 is 1.39 bits per heavy atom. The molecule has 0 aliphatic carbocycles. The summed E-state index contributed by atoms with van der Waals surface area (Å²) in [5.41, 5.74) is 1.32. The lowest BCUT2D eigenvalue weighted by Crippen LogP contribution is -2.41. The Morgan fingerprint density at radius 2 is 2.11 bits per heavy atom. The minimum atomic E-state index is 0.517. The zero-order valence-electron chi connectivity index (χ0n) is 11.3. The van der Waals surface area contributed by atoms with E-state index in [0.29, 0.717) is 12.0 Å². The molecule has 1 aliphatic rings. The molecule has 1 aliphatic heterocycles. The van der Waals surface area contributed by atoms with Crippen molar-refractivity contribution in [1.29, 1.82) is 0 Å². The maximum Gasteiger partial charge on any atom is 0.0408 e. The predicted molar refractivity (Wildman–Crippen MR) is 78.4 cm³/mol. The van der Waals surface area contributed by atoms with Crippen LogP contribution in [0.4, 0.5) is 0 Å². The lowest BCUT2D eigenvalue weighted by Gasteiger charge is -2.30. The van der Waals surface area contributed by atoms with E-state index in [9.17, 15) is 0 Å². The summed E-state index contributed by atoms with van der Waals surface area (Å²) in [5.74, 6) is 0.517. The molecule has 1 aromatic carbocycles.